The van der Waals surface area contributed by atoms with E-state index in [1.807, 2.05) is 67.7 Å². The molecule has 0 spiro atoms. The minimum absolute atomic E-state index is 0.0324. The second-order valence-electron chi connectivity index (χ2n) is 8.66. The maximum Gasteiger partial charge on any atom is 0.270 e. The van der Waals surface area contributed by atoms with E-state index in [4.69, 9.17) is 9.72 Å². The minimum atomic E-state index is -0.0847. The van der Waals surface area contributed by atoms with Crippen molar-refractivity contribution < 1.29 is 9.53 Å². The van der Waals surface area contributed by atoms with Crippen LogP contribution in [0.1, 0.15) is 17.4 Å². The van der Waals surface area contributed by atoms with Gasteiger partial charge in [-0.05, 0) is 42.8 Å². The van der Waals surface area contributed by atoms with Crippen molar-refractivity contribution in [3.05, 3.63) is 78.9 Å². The zero-order valence-corrected chi connectivity index (χ0v) is 20.3. The molecule has 9 nitrogen and oxygen atoms in total. The molecule has 0 aliphatic heterocycles. The number of aromatic amines is 2. The van der Waals surface area contributed by atoms with Crippen LogP contribution in [0.2, 0.25) is 0 Å². The van der Waals surface area contributed by atoms with Gasteiger partial charge >= 0.3 is 0 Å². The highest BCUT2D eigenvalue weighted by Gasteiger charge is 2.19. The first kappa shape index (κ1) is 23.3. The van der Waals surface area contributed by atoms with Crippen LogP contribution in [-0.4, -0.2) is 62.8 Å². The number of hydrogen-bond acceptors (Lipinski definition) is 6. The van der Waals surface area contributed by atoms with Gasteiger partial charge < -0.3 is 19.9 Å². The smallest absolute Gasteiger partial charge is 0.270 e. The zero-order chi connectivity index (χ0) is 25.1. The molecule has 5 rings (SSSR count). The van der Waals surface area contributed by atoms with Crippen molar-refractivity contribution in [2.45, 2.75) is 13.0 Å². The molecule has 0 radical (unpaired) electrons. The second kappa shape index (κ2) is 10.0. The Morgan fingerprint density at radius 1 is 1.08 bits per heavy atom. The molecular weight excluding hydrogens is 454 g/mol. The van der Waals surface area contributed by atoms with Gasteiger partial charge in [0.2, 0.25) is 0 Å². The Bertz CT molecular complexity index is 1480. The van der Waals surface area contributed by atoms with Crippen molar-refractivity contribution in [1.82, 2.24) is 30.0 Å². The average Bonchev–Trinajstić information content (AvgIpc) is 3.58. The molecular formula is C27H27N7O2. The van der Waals surface area contributed by atoms with Gasteiger partial charge in [-0.25, -0.2) is 9.97 Å². The highest BCUT2D eigenvalue weighted by molar-refractivity contribution is 5.98. The van der Waals surface area contributed by atoms with Crippen LogP contribution in [0.25, 0.3) is 33.4 Å². The van der Waals surface area contributed by atoms with E-state index in [9.17, 15) is 4.79 Å². The summed E-state index contributed by atoms with van der Waals surface area (Å²) in [6.07, 6.45) is 5.38. The molecule has 5 aromatic rings. The number of amides is 1. The quantitative estimate of drug-likeness (QED) is 0.292. The second-order valence-corrected chi connectivity index (χ2v) is 8.66. The third-order valence-corrected chi connectivity index (χ3v) is 6.14. The lowest BCUT2D eigenvalue weighted by atomic mass is 10.1. The Balaban J connectivity index is 1.34. The van der Waals surface area contributed by atoms with Crippen LogP contribution in [0.5, 0.6) is 0 Å². The van der Waals surface area contributed by atoms with Gasteiger partial charge in [0.1, 0.15) is 11.5 Å². The first-order valence-corrected chi connectivity index (χ1v) is 11.6. The fourth-order valence-corrected chi connectivity index (χ4v) is 3.99. The molecule has 0 saturated heterocycles. The summed E-state index contributed by atoms with van der Waals surface area (Å²) >= 11 is 0. The zero-order valence-electron chi connectivity index (χ0n) is 20.3. The molecule has 2 aromatic carbocycles. The van der Waals surface area contributed by atoms with Gasteiger partial charge in [0.25, 0.3) is 5.91 Å². The fraction of sp³-hybridized carbons (Fsp3) is 0.185. The number of carbonyl (C=O) groups is 1. The van der Waals surface area contributed by atoms with Crippen molar-refractivity contribution in [2.24, 2.45) is 0 Å². The summed E-state index contributed by atoms with van der Waals surface area (Å²) in [6.45, 7) is 2.43. The van der Waals surface area contributed by atoms with Crippen LogP contribution in [0.4, 0.5) is 11.5 Å². The number of benzene rings is 2. The number of anilines is 2. The van der Waals surface area contributed by atoms with E-state index in [2.05, 4.69) is 25.5 Å². The molecule has 182 valence electrons. The SMILES string of the molecule is COCC(C)N(C)C(=O)c1cc2ccc(-c3nccc(Nc4ccc(-c5cn[nH]c5)cc4)n3)cc2[nH]1. The van der Waals surface area contributed by atoms with Crippen molar-refractivity contribution in [3.8, 4) is 22.5 Å². The Labute approximate surface area is 208 Å². The van der Waals surface area contributed by atoms with Gasteiger partial charge in [-0.2, -0.15) is 5.10 Å². The lowest BCUT2D eigenvalue weighted by molar-refractivity contribution is 0.0629. The number of H-pyrrole nitrogens is 2. The number of likely N-dealkylation sites (N-methyl/N-ethyl adjacent to an activating group) is 1. The summed E-state index contributed by atoms with van der Waals surface area (Å²) in [7, 11) is 3.41. The number of rotatable bonds is 8. The first-order chi connectivity index (χ1) is 17.5. The van der Waals surface area contributed by atoms with Crippen molar-refractivity contribution in [1.29, 1.82) is 0 Å². The van der Waals surface area contributed by atoms with Crippen molar-refractivity contribution in [2.75, 3.05) is 26.1 Å². The molecule has 36 heavy (non-hydrogen) atoms. The van der Waals surface area contributed by atoms with Crippen LogP contribution in [-0.2, 0) is 4.74 Å². The summed E-state index contributed by atoms with van der Waals surface area (Å²) in [6, 6.07) is 17.6. The molecule has 1 amide bonds. The largest absolute Gasteiger partial charge is 0.383 e. The predicted octanol–water partition coefficient (Wildman–Crippen LogP) is 4.87. The van der Waals surface area contributed by atoms with E-state index >= 15 is 0 Å². The van der Waals surface area contributed by atoms with E-state index < -0.39 is 0 Å². The van der Waals surface area contributed by atoms with Crippen molar-refractivity contribution >= 4 is 28.3 Å². The molecule has 3 aromatic heterocycles. The van der Waals surface area contributed by atoms with Gasteiger partial charge in [-0.15, -0.1) is 0 Å². The van der Waals surface area contributed by atoms with E-state index in [1.54, 1.807) is 31.5 Å². The molecule has 0 bridgehead atoms. The minimum Gasteiger partial charge on any atom is -0.383 e. The van der Waals surface area contributed by atoms with Crippen LogP contribution < -0.4 is 5.32 Å². The van der Waals surface area contributed by atoms with Crippen LogP contribution in [0.3, 0.4) is 0 Å². The predicted molar refractivity (Wildman–Crippen MR) is 140 cm³/mol. The van der Waals surface area contributed by atoms with E-state index in [0.717, 1.165) is 33.3 Å². The Kier molecular flexibility index (Phi) is 6.46. The molecule has 9 heteroatoms. The Hall–Kier alpha value is -4.50. The number of nitrogens with one attached hydrogen (secondary N) is 3. The third kappa shape index (κ3) is 4.82. The summed E-state index contributed by atoms with van der Waals surface area (Å²) in [4.78, 5) is 27.0. The van der Waals surface area contributed by atoms with Gasteiger partial charge in [-0.1, -0.05) is 24.3 Å². The molecule has 0 fully saturated rings. The monoisotopic (exact) mass is 481 g/mol. The maximum atomic E-state index is 12.9. The van der Waals surface area contributed by atoms with Gasteiger partial charge in [0, 0.05) is 54.3 Å². The third-order valence-electron chi connectivity index (χ3n) is 6.14. The topological polar surface area (TPSA) is 112 Å². The van der Waals surface area contributed by atoms with E-state index in [1.165, 1.54) is 0 Å². The highest BCUT2D eigenvalue weighted by atomic mass is 16.5. The lowest BCUT2D eigenvalue weighted by Gasteiger charge is -2.23. The van der Waals surface area contributed by atoms with Crippen molar-refractivity contribution in [3.63, 3.8) is 0 Å². The number of hydrogen-bond donors (Lipinski definition) is 3. The summed E-state index contributed by atoms with van der Waals surface area (Å²) in [5, 5.41) is 11.1. The molecule has 0 aliphatic carbocycles. The number of fused-ring (bicyclic) bond motifs is 1. The van der Waals surface area contributed by atoms with Gasteiger partial charge in [0.15, 0.2) is 5.82 Å². The molecule has 0 aliphatic rings. The van der Waals surface area contributed by atoms with Crippen LogP contribution >= 0.6 is 0 Å². The van der Waals surface area contributed by atoms with Gasteiger partial charge in [-0.3, -0.25) is 9.89 Å². The lowest BCUT2D eigenvalue weighted by Crippen LogP contribution is -2.37. The Morgan fingerprint density at radius 3 is 2.64 bits per heavy atom. The molecule has 1 unspecified atom stereocenters. The number of carbonyl (C=O) groups excluding carboxylic acids is 1. The summed E-state index contributed by atoms with van der Waals surface area (Å²) < 4.78 is 5.18. The summed E-state index contributed by atoms with van der Waals surface area (Å²) in [5.41, 5.74) is 5.26. The maximum absolute atomic E-state index is 12.9. The standard InChI is InChI=1S/C27H27N7O2/c1-17(16-36-3)34(2)27(35)24-12-19-4-5-20(13-23(19)32-24)26-28-11-10-25(33-26)31-22-8-6-18(7-9-22)21-14-29-30-15-21/h4-15,17,32H,16H2,1-3H3,(H,29,30)(H,28,31,33). The number of aromatic nitrogens is 5. The molecule has 3 heterocycles. The van der Waals surface area contributed by atoms with Gasteiger partial charge in [0.05, 0.1) is 18.8 Å². The highest BCUT2D eigenvalue weighted by Crippen LogP contribution is 2.26. The average molecular weight is 482 g/mol. The fourth-order valence-electron chi connectivity index (χ4n) is 3.99. The molecule has 1 atom stereocenters. The molecule has 3 N–H and O–H groups in total. The summed E-state index contributed by atoms with van der Waals surface area (Å²) in [5.74, 6) is 1.19. The van der Waals surface area contributed by atoms with E-state index in [0.29, 0.717) is 23.9 Å². The van der Waals surface area contributed by atoms with E-state index in [-0.39, 0.29) is 11.9 Å². The first-order valence-electron chi connectivity index (χ1n) is 11.6. The number of ether oxygens (including phenoxy) is 1. The van der Waals surface area contributed by atoms with Crippen LogP contribution in [0, 0.1) is 0 Å². The van der Waals surface area contributed by atoms with Crippen LogP contribution in [0.15, 0.2) is 73.2 Å². The number of nitrogens with zero attached hydrogens (tertiary/aromatic N) is 4. The Morgan fingerprint density at radius 2 is 1.89 bits per heavy atom. The number of methoxy groups -OCH3 is 1. The normalized spacial score (nSPS) is 12.0. The molecule has 0 saturated carbocycles.